The molecule has 1 aliphatic rings. The first kappa shape index (κ1) is 13.1. The molecule has 1 atom stereocenters. The summed E-state index contributed by atoms with van der Waals surface area (Å²) in [5.41, 5.74) is 1.45. The second kappa shape index (κ2) is 5.51. The highest BCUT2D eigenvalue weighted by Gasteiger charge is 2.22. The highest BCUT2D eigenvalue weighted by atomic mass is 32.1. The third-order valence-corrected chi connectivity index (χ3v) is 4.58. The van der Waals surface area contributed by atoms with Gasteiger partial charge in [0.05, 0.1) is 0 Å². The molecule has 2 rings (SSSR count). The molecule has 0 amide bonds. The zero-order valence-corrected chi connectivity index (χ0v) is 12.2. The van der Waals surface area contributed by atoms with Crippen molar-refractivity contribution < 1.29 is 0 Å². The Morgan fingerprint density at radius 2 is 2.24 bits per heavy atom. The molecule has 1 aliphatic heterocycles. The van der Waals surface area contributed by atoms with E-state index in [1.165, 1.54) is 34.8 Å². The normalized spacial score (nSPS) is 21.6. The van der Waals surface area contributed by atoms with Gasteiger partial charge in [0.2, 0.25) is 0 Å². The summed E-state index contributed by atoms with van der Waals surface area (Å²) in [4.78, 5) is 5.56. The van der Waals surface area contributed by atoms with Gasteiger partial charge < -0.3 is 5.32 Å². The van der Waals surface area contributed by atoms with Crippen molar-refractivity contribution in [1.29, 1.82) is 0 Å². The number of hydrogen-bond donors (Lipinski definition) is 1. The lowest BCUT2D eigenvalue weighted by Gasteiger charge is -2.17. The molecular weight excluding hydrogens is 228 g/mol. The molecule has 2 heterocycles. The Morgan fingerprint density at radius 1 is 1.47 bits per heavy atom. The third kappa shape index (κ3) is 3.54. The highest BCUT2D eigenvalue weighted by molar-refractivity contribution is 7.12. The van der Waals surface area contributed by atoms with Gasteiger partial charge in [-0.1, -0.05) is 13.8 Å². The summed E-state index contributed by atoms with van der Waals surface area (Å²) >= 11 is 1.95. The fourth-order valence-corrected chi connectivity index (χ4v) is 3.63. The van der Waals surface area contributed by atoms with E-state index in [4.69, 9.17) is 0 Å². The van der Waals surface area contributed by atoms with E-state index in [9.17, 15) is 0 Å². The molecule has 0 aromatic carbocycles. The summed E-state index contributed by atoms with van der Waals surface area (Å²) in [7, 11) is 0. The summed E-state index contributed by atoms with van der Waals surface area (Å²) in [6.45, 7) is 12.5. The lowest BCUT2D eigenvalue weighted by Crippen LogP contribution is -2.36. The molecule has 96 valence electrons. The average molecular weight is 252 g/mol. The van der Waals surface area contributed by atoms with Gasteiger partial charge in [-0.15, -0.1) is 11.3 Å². The van der Waals surface area contributed by atoms with E-state index in [1.807, 2.05) is 11.3 Å². The quantitative estimate of drug-likeness (QED) is 0.886. The van der Waals surface area contributed by atoms with Gasteiger partial charge in [0.15, 0.2) is 0 Å². The van der Waals surface area contributed by atoms with Crippen molar-refractivity contribution in [3.63, 3.8) is 0 Å². The number of nitrogens with one attached hydrogen (secondary N) is 1. The van der Waals surface area contributed by atoms with E-state index in [2.05, 4.69) is 44.0 Å². The van der Waals surface area contributed by atoms with E-state index in [-0.39, 0.29) is 0 Å². The van der Waals surface area contributed by atoms with Crippen LogP contribution in [0.3, 0.4) is 0 Å². The maximum atomic E-state index is 3.64. The standard InChI is InChI=1S/C14H24N2S/c1-10(2)15-13-5-6-16(8-13)9-14-7-11(3)12(4)17-14/h7,10,13,15H,5-6,8-9H2,1-4H3. The molecule has 1 saturated heterocycles. The lowest BCUT2D eigenvalue weighted by atomic mass is 10.2. The predicted molar refractivity (Wildman–Crippen MR) is 75.7 cm³/mol. The summed E-state index contributed by atoms with van der Waals surface area (Å²) < 4.78 is 0. The van der Waals surface area contributed by atoms with Crippen LogP contribution in [0.2, 0.25) is 0 Å². The first-order valence-electron chi connectivity index (χ1n) is 6.59. The van der Waals surface area contributed by atoms with E-state index in [1.54, 1.807) is 0 Å². The van der Waals surface area contributed by atoms with E-state index >= 15 is 0 Å². The number of hydrogen-bond acceptors (Lipinski definition) is 3. The largest absolute Gasteiger partial charge is 0.310 e. The van der Waals surface area contributed by atoms with Crippen molar-refractivity contribution in [2.45, 2.75) is 52.7 Å². The second-order valence-electron chi connectivity index (χ2n) is 5.49. The molecule has 0 bridgehead atoms. The molecule has 1 N–H and O–H groups in total. The van der Waals surface area contributed by atoms with Crippen LogP contribution in [0.4, 0.5) is 0 Å². The second-order valence-corrected chi connectivity index (χ2v) is 6.83. The van der Waals surface area contributed by atoms with Crippen LogP contribution in [0.15, 0.2) is 6.07 Å². The minimum atomic E-state index is 0.603. The summed E-state index contributed by atoms with van der Waals surface area (Å²) in [6.07, 6.45) is 1.29. The van der Waals surface area contributed by atoms with Gasteiger partial charge in [0, 0.05) is 41.5 Å². The molecule has 1 unspecified atom stereocenters. The first-order chi connectivity index (χ1) is 8.04. The van der Waals surface area contributed by atoms with Crippen LogP contribution in [0.5, 0.6) is 0 Å². The Hall–Kier alpha value is -0.380. The van der Waals surface area contributed by atoms with Crippen LogP contribution in [0.1, 0.15) is 35.6 Å². The molecular formula is C14H24N2S. The van der Waals surface area contributed by atoms with Gasteiger partial charge >= 0.3 is 0 Å². The SMILES string of the molecule is Cc1cc(CN2CCC(NC(C)C)C2)sc1C. The van der Waals surface area contributed by atoms with Gasteiger partial charge in [-0.3, -0.25) is 4.90 Å². The van der Waals surface area contributed by atoms with Gasteiger partial charge in [0.25, 0.3) is 0 Å². The molecule has 2 nitrogen and oxygen atoms in total. The van der Waals surface area contributed by atoms with E-state index in [0.717, 1.165) is 6.54 Å². The van der Waals surface area contributed by atoms with E-state index < -0.39 is 0 Å². The molecule has 0 radical (unpaired) electrons. The summed E-state index contributed by atoms with van der Waals surface area (Å²) in [5.74, 6) is 0. The molecule has 1 aromatic heterocycles. The Morgan fingerprint density at radius 3 is 2.82 bits per heavy atom. The Labute approximate surface area is 109 Å². The average Bonchev–Trinajstić information content (AvgIpc) is 2.75. The Bertz CT molecular complexity index is 351. The topological polar surface area (TPSA) is 15.3 Å². The highest BCUT2D eigenvalue weighted by Crippen LogP contribution is 2.23. The van der Waals surface area contributed by atoms with Crippen molar-refractivity contribution in [2.75, 3.05) is 13.1 Å². The molecule has 3 heteroatoms. The Balaban J connectivity index is 1.85. The Kier molecular flexibility index (Phi) is 4.23. The van der Waals surface area contributed by atoms with Crippen LogP contribution >= 0.6 is 11.3 Å². The van der Waals surface area contributed by atoms with Crippen LogP contribution in [0.25, 0.3) is 0 Å². The van der Waals surface area contributed by atoms with Gasteiger partial charge in [-0.25, -0.2) is 0 Å². The van der Waals surface area contributed by atoms with Gasteiger partial charge in [0.1, 0.15) is 0 Å². The maximum absolute atomic E-state index is 3.64. The zero-order chi connectivity index (χ0) is 12.4. The van der Waals surface area contributed by atoms with Gasteiger partial charge in [-0.05, 0) is 31.9 Å². The minimum absolute atomic E-state index is 0.603. The number of nitrogens with zero attached hydrogens (tertiary/aromatic N) is 1. The molecule has 1 aromatic rings. The lowest BCUT2D eigenvalue weighted by molar-refractivity contribution is 0.319. The fourth-order valence-electron chi connectivity index (χ4n) is 2.53. The fraction of sp³-hybridized carbons (Fsp3) is 0.714. The minimum Gasteiger partial charge on any atom is -0.310 e. The van der Waals surface area contributed by atoms with Crippen molar-refractivity contribution in [1.82, 2.24) is 10.2 Å². The smallest absolute Gasteiger partial charge is 0.0328 e. The zero-order valence-electron chi connectivity index (χ0n) is 11.4. The van der Waals surface area contributed by atoms with Crippen LogP contribution in [0, 0.1) is 13.8 Å². The van der Waals surface area contributed by atoms with Crippen molar-refractivity contribution in [3.05, 3.63) is 21.4 Å². The van der Waals surface area contributed by atoms with Crippen LogP contribution < -0.4 is 5.32 Å². The first-order valence-corrected chi connectivity index (χ1v) is 7.40. The third-order valence-electron chi connectivity index (χ3n) is 3.44. The number of thiophene rings is 1. The maximum Gasteiger partial charge on any atom is 0.0328 e. The van der Waals surface area contributed by atoms with Crippen molar-refractivity contribution in [3.8, 4) is 0 Å². The monoisotopic (exact) mass is 252 g/mol. The van der Waals surface area contributed by atoms with Gasteiger partial charge in [-0.2, -0.15) is 0 Å². The number of likely N-dealkylation sites (tertiary alicyclic amines) is 1. The molecule has 1 fully saturated rings. The summed E-state index contributed by atoms with van der Waals surface area (Å²) in [5, 5.41) is 3.64. The van der Waals surface area contributed by atoms with Crippen molar-refractivity contribution >= 4 is 11.3 Å². The predicted octanol–water partition coefficient (Wildman–Crippen LogP) is 2.94. The van der Waals surface area contributed by atoms with E-state index in [0.29, 0.717) is 12.1 Å². The molecule has 0 saturated carbocycles. The van der Waals surface area contributed by atoms with Crippen LogP contribution in [-0.4, -0.2) is 30.1 Å². The number of aryl methyl sites for hydroxylation is 2. The number of rotatable bonds is 4. The summed E-state index contributed by atoms with van der Waals surface area (Å²) in [6, 6.07) is 3.65. The molecule has 0 spiro atoms. The molecule has 0 aliphatic carbocycles. The van der Waals surface area contributed by atoms with Crippen LogP contribution in [-0.2, 0) is 6.54 Å². The molecule has 17 heavy (non-hydrogen) atoms. The van der Waals surface area contributed by atoms with Crippen molar-refractivity contribution in [2.24, 2.45) is 0 Å².